The molecule has 2 saturated heterocycles. The second-order valence-electron chi connectivity index (χ2n) is 5.08. The number of nitrogens with zero attached hydrogens (tertiary/aromatic N) is 1. The summed E-state index contributed by atoms with van der Waals surface area (Å²) < 4.78 is 5.50. The number of rotatable bonds is 2. The summed E-state index contributed by atoms with van der Waals surface area (Å²) in [6.45, 7) is 1.22. The van der Waals surface area contributed by atoms with Gasteiger partial charge in [-0.05, 0) is 25.7 Å². The molecule has 2 aliphatic heterocycles. The molecule has 2 amide bonds. The van der Waals surface area contributed by atoms with E-state index in [2.05, 4.69) is 0 Å². The van der Waals surface area contributed by atoms with Crippen LogP contribution >= 0.6 is 0 Å². The van der Waals surface area contributed by atoms with Crippen molar-refractivity contribution in [3.63, 3.8) is 0 Å². The highest BCUT2D eigenvalue weighted by atomic mass is 16.5. The molecule has 2 heterocycles. The highest BCUT2D eigenvalue weighted by Gasteiger charge is 2.47. The Kier molecular flexibility index (Phi) is 2.74. The number of hydrogen-bond donors (Lipinski definition) is 0. The van der Waals surface area contributed by atoms with Crippen LogP contribution in [0.2, 0.25) is 0 Å². The molecule has 0 spiro atoms. The zero-order valence-electron chi connectivity index (χ0n) is 9.80. The minimum atomic E-state index is -0.103. The largest absolute Gasteiger partial charge is 0.376 e. The quantitative estimate of drug-likeness (QED) is 0.532. The summed E-state index contributed by atoms with van der Waals surface area (Å²) >= 11 is 0. The maximum Gasteiger partial charge on any atom is 0.233 e. The molecule has 0 aromatic carbocycles. The molecule has 4 heteroatoms. The lowest BCUT2D eigenvalue weighted by Gasteiger charge is -2.18. The minimum Gasteiger partial charge on any atom is -0.376 e. The molecule has 17 heavy (non-hydrogen) atoms. The molecule has 0 aromatic rings. The van der Waals surface area contributed by atoms with Gasteiger partial charge in [0.05, 0.1) is 24.5 Å². The van der Waals surface area contributed by atoms with Crippen molar-refractivity contribution >= 4 is 11.8 Å². The number of fused-ring (bicyclic) bond motifs is 1. The van der Waals surface area contributed by atoms with Crippen LogP contribution in [0.15, 0.2) is 12.2 Å². The maximum absolute atomic E-state index is 12.2. The second kappa shape index (κ2) is 4.26. The third kappa shape index (κ3) is 1.80. The maximum atomic E-state index is 12.2. The van der Waals surface area contributed by atoms with E-state index in [1.165, 1.54) is 4.90 Å². The highest BCUT2D eigenvalue weighted by molar-refractivity contribution is 6.05. The Morgan fingerprint density at radius 2 is 1.82 bits per heavy atom. The van der Waals surface area contributed by atoms with Crippen LogP contribution in [-0.2, 0) is 14.3 Å². The van der Waals surface area contributed by atoms with E-state index in [4.69, 9.17) is 4.74 Å². The Morgan fingerprint density at radius 3 is 2.35 bits per heavy atom. The van der Waals surface area contributed by atoms with Gasteiger partial charge in [-0.1, -0.05) is 12.2 Å². The lowest BCUT2D eigenvalue weighted by Crippen LogP contribution is -2.37. The summed E-state index contributed by atoms with van der Waals surface area (Å²) in [5.41, 5.74) is 0. The molecule has 4 nitrogen and oxygen atoms in total. The number of imide groups is 1. The first-order valence-corrected chi connectivity index (χ1v) is 6.39. The Morgan fingerprint density at radius 1 is 1.18 bits per heavy atom. The van der Waals surface area contributed by atoms with Gasteiger partial charge in [0.25, 0.3) is 0 Å². The van der Waals surface area contributed by atoms with Crippen molar-refractivity contribution in [2.75, 3.05) is 13.2 Å². The molecular weight excluding hydrogens is 218 g/mol. The Labute approximate surface area is 101 Å². The topological polar surface area (TPSA) is 46.6 Å². The van der Waals surface area contributed by atoms with Gasteiger partial charge < -0.3 is 4.74 Å². The number of carbonyl (C=O) groups is 2. The number of ether oxygens (including phenoxy) is 1. The molecule has 92 valence electrons. The number of hydrogen-bond acceptors (Lipinski definition) is 3. The van der Waals surface area contributed by atoms with Crippen LogP contribution in [0.25, 0.3) is 0 Å². The Balaban J connectivity index is 1.73. The standard InChI is InChI=1S/C13H17NO3/c15-12-10-5-1-2-6-11(10)13(16)14(12)8-9-4-3-7-17-9/h1-2,9-11H,3-8H2/t9-,10+,11+/m1/s1. The van der Waals surface area contributed by atoms with Gasteiger partial charge in [-0.3, -0.25) is 14.5 Å². The highest BCUT2D eigenvalue weighted by Crippen LogP contribution is 2.35. The molecule has 0 bridgehead atoms. The van der Waals surface area contributed by atoms with E-state index in [-0.39, 0.29) is 29.8 Å². The fourth-order valence-electron chi connectivity index (χ4n) is 3.04. The van der Waals surface area contributed by atoms with Crippen molar-refractivity contribution in [3.8, 4) is 0 Å². The van der Waals surface area contributed by atoms with Crippen LogP contribution < -0.4 is 0 Å². The summed E-state index contributed by atoms with van der Waals surface area (Å²) in [5.74, 6) is -0.178. The third-order valence-electron chi connectivity index (χ3n) is 4.01. The van der Waals surface area contributed by atoms with Gasteiger partial charge in [0.2, 0.25) is 11.8 Å². The number of likely N-dealkylation sites (tertiary alicyclic amines) is 1. The summed E-state index contributed by atoms with van der Waals surface area (Å²) in [6, 6.07) is 0. The number of allylic oxidation sites excluding steroid dienone is 2. The number of carbonyl (C=O) groups excluding carboxylic acids is 2. The Hall–Kier alpha value is -1.16. The van der Waals surface area contributed by atoms with Crippen molar-refractivity contribution in [1.82, 2.24) is 4.90 Å². The van der Waals surface area contributed by atoms with E-state index in [1.54, 1.807) is 0 Å². The fourth-order valence-corrected chi connectivity index (χ4v) is 3.04. The van der Waals surface area contributed by atoms with Crippen molar-refractivity contribution < 1.29 is 14.3 Å². The lowest BCUT2D eigenvalue weighted by atomic mass is 9.85. The SMILES string of the molecule is O=C1[C@H]2CC=CC[C@@H]2C(=O)N1C[C@H]1CCCO1. The van der Waals surface area contributed by atoms with Crippen LogP contribution in [0.5, 0.6) is 0 Å². The smallest absolute Gasteiger partial charge is 0.233 e. The van der Waals surface area contributed by atoms with Gasteiger partial charge in [-0.15, -0.1) is 0 Å². The first-order chi connectivity index (χ1) is 8.27. The molecule has 3 rings (SSSR count). The molecule has 2 fully saturated rings. The average molecular weight is 235 g/mol. The zero-order valence-corrected chi connectivity index (χ0v) is 9.80. The fraction of sp³-hybridized carbons (Fsp3) is 0.692. The van der Waals surface area contributed by atoms with Crippen molar-refractivity contribution in [1.29, 1.82) is 0 Å². The molecule has 3 atom stereocenters. The molecule has 1 aliphatic carbocycles. The molecule has 0 unspecified atom stereocenters. The van der Waals surface area contributed by atoms with E-state index >= 15 is 0 Å². The predicted octanol–water partition coefficient (Wildman–Crippen LogP) is 1.12. The van der Waals surface area contributed by atoms with Crippen molar-refractivity contribution in [3.05, 3.63) is 12.2 Å². The van der Waals surface area contributed by atoms with Crippen LogP contribution in [0.1, 0.15) is 25.7 Å². The van der Waals surface area contributed by atoms with Gasteiger partial charge in [0.1, 0.15) is 0 Å². The second-order valence-corrected chi connectivity index (χ2v) is 5.08. The molecular formula is C13H17NO3. The summed E-state index contributed by atoms with van der Waals surface area (Å²) in [5, 5.41) is 0. The van der Waals surface area contributed by atoms with Crippen LogP contribution in [0.4, 0.5) is 0 Å². The molecule has 0 saturated carbocycles. The summed E-state index contributed by atoms with van der Waals surface area (Å²) in [7, 11) is 0. The minimum absolute atomic E-state index is 0.0138. The van der Waals surface area contributed by atoms with E-state index in [1.807, 2.05) is 12.2 Å². The van der Waals surface area contributed by atoms with Gasteiger partial charge in [-0.25, -0.2) is 0 Å². The van der Waals surface area contributed by atoms with Gasteiger partial charge in [0.15, 0.2) is 0 Å². The normalized spacial score (nSPS) is 36.7. The molecule has 0 N–H and O–H groups in total. The van der Waals surface area contributed by atoms with Crippen molar-refractivity contribution in [2.45, 2.75) is 31.8 Å². The average Bonchev–Trinajstić information content (AvgIpc) is 2.94. The van der Waals surface area contributed by atoms with E-state index in [0.717, 1.165) is 32.3 Å². The van der Waals surface area contributed by atoms with Crippen LogP contribution in [-0.4, -0.2) is 36.0 Å². The predicted molar refractivity (Wildman–Crippen MR) is 61.0 cm³/mol. The van der Waals surface area contributed by atoms with E-state index in [9.17, 15) is 9.59 Å². The number of amides is 2. The monoisotopic (exact) mass is 235 g/mol. The van der Waals surface area contributed by atoms with E-state index in [0.29, 0.717) is 6.54 Å². The third-order valence-corrected chi connectivity index (χ3v) is 4.01. The summed E-state index contributed by atoms with van der Waals surface area (Å²) in [4.78, 5) is 25.7. The van der Waals surface area contributed by atoms with Crippen molar-refractivity contribution in [2.24, 2.45) is 11.8 Å². The summed E-state index contributed by atoms with van der Waals surface area (Å²) in [6.07, 6.45) is 7.54. The first kappa shape index (κ1) is 11.0. The van der Waals surface area contributed by atoms with Gasteiger partial charge in [-0.2, -0.15) is 0 Å². The van der Waals surface area contributed by atoms with Crippen LogP contribution in [0, 0.1) is 11.8 Å². The van der Waals surface area contributed by atoms with Crippen LogP contribution in [0.3, 0.4) is 0 Å². The molecule has 0 aromatic heterocycles. The molecule has 0 radical (unpaired) electrons. The first-order valence-electron chi connectivity index (χ1n) is 6.39. The zero-order chi connectivity index (χ0) is 11.8. The van der Waals surface area contributed by atoms with Gasteiger partial charge in [0, 0.05) is 6.61 Å². The van der Waals surface area contributed by atoms with E-state index < -0.39 is 0 Å². The Bertz CT molecular complexity index is 345. The van der Waals surface area contributed by atoms with Gasteiger partial charge >= 0.3 is 0 Å². The lowest BCUT2D eigenvalue weighted by molar-refractivity contribution is -0.141. The molecule has 3 aliphatic rings.